The van der Waals surface area contributed by atoms with Gasteiger partial charge in [-0.05, 0) is 38.5 Å². The van der Waals surface area contributed by atoms with Crippen molar-refractivity contribution in [3.8, 4) is 5.75 Å². The normalized spacial score (nSPS) is 11.6. The molecule has 1 aromatic rings. The van der Waals surface area contributed by atoms with Crippen LogP contribution >= 0.6 is 0 Å². The van der Waals surface area contributed by atoms with Crippen LogP contribution in [-0.4, -0.2) is 24.1 Å². The van der Waals surface area contributed by atoms with Gasteiger partial charge in [0, 0.05) is 24.2 Å². The van der Waals surface area contributed by atoms with Crippen molar-refractivity contribution in [2.24, 2.45) is 0 Å². The molecular weight excluding hydrogens is 271 g/mol. The van der Waals surface area contributed by atoms with E-state index in [0.29, 0.717) is 18.3 Å². The lowest BCUT2D eigenvalue weighted by Crippen LogP contribution is -2.43. The van der Waals surface area contributed by atoms with E-state index in [1.165, 1.54) is 12.1 Å². The molecule has 0 aliphatic carbocycles. The summed E-state index contributed by atoms with van der Waals surface area (Å²) in [7, 11) is 0. The maximum absolute atomic E-state index is 13.5. The topological polar surface area (TPSA) is 50.4 Å². The number of hydrogen-bond acceptors (Lipinski definition) is 3. The molecular formula is C16H25FN2O2. The molecule has 0 radical (unpaired) electrons. The zero-order chi connectivity index (χ0) is 16.0. The summed E-state index contributed by atoms with van der Waals surface area (Å²) in [5, 5.41) is 6.00. The lowest BCUT2D eigenvalue weighted by atomic mass is 10.1. The number of carbonyl (C=O) groups is 1. The average Bonchev–Trinajstić information content (AvgIpc) is 2.31. The van der Waals surface area contributed by atoms with E-state index < -0.39 is 0 Å². The molecule has 1 rings (SSSR count). The lowest BCUT2D eigenvalue weighted by Gasteiger charge is -2.20. The summed E-state index contributed by atoms with van der Waals surface area (Å²) < 4.78 is 18.9. The molecule has 0 aromatic heterocycles. The summed E-state index contributed by atoms with van der Waals surface area (Å²) >= 11 is 0. The van der Waals surface area contributed by atoms with Crippen molar-refractivity contribution >= 4 is 5.91 Å². The number of halogens is 1. The number of carbonyl (C=O) groups excluding carboxylic acids is 1. The Morgan fingerprint density at radius 1 is 1.29 bits per heavy atom. The van der Waals surface area contributed by atoms with Crippen LogP contribution < -0.4 is 15.4 Å². The van der Waals surface area contributed by atoms with Gasteiger partial charge in [0.2, 0.25) is 0 Å². The van der Waals surface area contributed by atoms with Crippen molar-refractivity contribution < 1.29 is 13.9 Å². The maximum Gasteiger partial charge on any atom is 0.258 e. The molecule has 0 fully saturated rings. The van der Waals surface area contributed by atoms with Gasteiger partial charge in [-0.15, -0.1) is 0 Å². The van der Waals surface area contributed by atoms with Gasteiger partial charge in [0.15, 0.2) is 6.61 Å². The van der Waals surface area contributed by atoms with Crippen LogP contribution in [0.15, 0.2) is 18.2 Å². The number of amides is 1. The van der Waals surface area contributed by atoms with E-state index in [0.717, 1.165) is 5.56 Å². The highest BCUT2D eigenvalue weighted by Gasteiger charge is 2.14. The fourth-order valence-electron chi connectivity index (χ4n) is 1.73. The van der Waals surface area contributed by atoms with Gasteiger partial charge in [-0.2, -0.15) is 0 Å². The average molecular weight is 296 g/mol. The molecule has 2 N–H and O–H groups in total. The van der Waals surface area contributed by atoms with Crippen LogP contribution in [0.2, 0.25) is 0 Å². The van der Waals surface area contributed by atoms with Crippen LogP contribution in [0.3, 0.4) is 0 Å². The second-order valence-electron chi connectivity index (χ2n) is 6.42. The smallest absolute Gasteiger partial charge is 0.258 e. The Morgan fingerprint density at radius 3 is 2.52 bits per heavy atom. The molecule has 1 aromatic carbocycles. The summed E-state index contributed by atoms with van der Waals surface area (Å²) in [5.74, 6) is -0.238. The van der Waals surface area contributed by atoms with Crippen LogP contribution in [0.1, 0.15) is 40.2 Å². The van der Waals surface area contributed by atoms with Gasteiger partial charge in [-0.25, -0.2) is 4.39 Å². The van der Waals surface area contributed by atoms with Crippen molar-refractivity contribution in [1.82, 2.24) is 10.6 Å². The third-order valence-electron chi connectivity index (χ3n) is 2.53. The quantitative estimate of drug-likeness (QED) is 0.848. The van der Waals surface area contributed by atoms with E-state index in [4.69, 9.17) is 4.74 Å². The van der Waals surface area contributed by atoms with E-state index in [1.807, 2.05) is 34.6 Å². The molecule has 0 bridgehead atoms. The Labute approximate surface area is 126 Å². The summed E-state index contributed by atoms with van der Waals surface area (Å²) in [4.78, 5) is 11.7. The largest absolute Gasteiger partial charge is 0.484 e. The van der Waals surface area contributed by atoms with Crippen molar-refractivity contribution in [2.75, 3.05) is 6.61 Å². The fraction of sp³-hybridized carbons (Fsp3) is 0.562. The molecule has 1 amide bonds. The van der Waals surface area contributed by atoms with Crippen LogP contribution in [-0.2, 0) is 11.3 Å². The minimum absolute atomic E-state index is 0.127. The first kappa shape index (κ1) is 17.4. The summed E-state index contributed by atoms with van der Waals surface area (Å²) in [5.41, 5.74) is 0.476. The van der Waals surface area contributed by atoms with Crippen molar-refractivity contribution in [1.29, 1.82) is 0 Å². The van der Waals surface area contributed by atoms with Gasteiger partial charge in [-0.1, -0.05) is 13.8 Å². The first-order valence-corrected chi connectivity index (χ1v) is 7.12. The second-order valence-corrected chi connectivity index (χ2v) is 6.42. The summed E-state index contributed by atoms with van der Waals surface area (Å²) in [6.07, 6.45) is 0. The number of ether oxygens (including phenoxy) is 1. The Kier molecular flexibility index (Phi) is 6.15. The molecule has 0 saturated carbocycles. The highest BCUT2D eigenvalue weighted by molar-refractivity contribution is 5.78. The zero-order valence-corrected chi connectivity index (χ0v) is 13.4. The predicted octanol–water partition coefficient (Wildman–Crippen LogP) is 2.62. The van der Waals surface area contributed by atoms with Gasteiger partial charge in [0.05, 0.1) is 0 Å². The second kappa shape index (κ2) is 7.41. The number of rotatable bonds is 6. The fourth-order valence-corrected chi connectivity index (χ4v) is 1.73. The molecule has 0 spiro atoms. The maximum atomic E-state index is 13.5. The van der Waals surface area contributed by atoms with Gasteiger partial charge in [0.1, 0.15) is 11.6 Å². The molecule has 4 nitrogen and oxygen atoms in total. The molecule has 0 unspecified atom stereocenters. The number of nitrogens with one attached hydrogen (secondary N) is 2. The van der Waals surface area contributed by atoms with E-state index >= 15 is 0 Å². The van der Waals surface area contributed by atoms with Crippen molar-refractivity contribution in [3.05, 3.63) is 29.6 Å². The first-order valence-electron chi connectivity index (χ1n) is 7.12. The highest BCUT2D eigenvalue weighted by Crippen LogP contribution is 2.16. The Hall–Kier alpha value is -1.62. The van der Waals surface area contributed by atoms with E-state index in [2.05, 4.69) is 10.6 Å². The first-order chi connectivity index (χ1) is 9.65. The van der Waals surface area contributed by atoms with Crippen LogP contribution in [0, 0.1) is 5.82 Å². The Morgan fingerprint density at radius 2 is 1.95 bits per heavy atom. The molecule has 0 atom stereocenters. The van der Waals surface area contributed by atoms with E-state index in [-0.39, 0.29) is 23.9 Å². The Balaban J connectivity index is 2.60. The highest BCUT2D eigenvalue weighted by atomic mass is 19.1. The van der Waals surface area contributed by atoms with Gasteiger partial charge >= 0.3 is 0 Å². The molecule has 5 heteroatoms. The minimum atomic E-state index is -0.371. The minimum Gasteiger partial charge on any atom is -0.484 e. The zero-order valence-electron chi connectivity index (χ0n) is 13.4. The molecule has 118 valence electrons. The van der Waals surface area contributed by atoms with Crippen molar-refractivity contribution in [3.63, 3.8) is 0 Å². The van der Waals surface area contributed by atoms with E-state index in [1.54, 1.807) is 6.07 Å². The molecule has 0 aliphatic rings. The lowest BCUT2D eigenvalue weighted by molar-refractivity contribution is -0.124. The number of benzene rings is 1. The third-order valence-corrected chi connectivity index (χ3v) is 2.53. The van der Waals surface area contributed by atoms with E-state index in [9.17, 15) is 9.18 Å². The monoisotopic (exact) mass is 296 g/mol. The summed E-state index contributed by atoms with van der Waals surface area (Å²) in [6, 6.07) is 4.79. The van der Waals surface area contributed by atoms with Crippen LogP contribution in [0.5, 0.6) is 5.75 Å². The predicted molar refractivity (Wildman–Crippen MR) is 81.8 cm³/mol. The molecule has 21 heavy (non-hydrogen) atoms. The van der Waals surface area contributed by atoms with Gasteiger partial charge < -0.3 is 15.4 Å². The van der Waals surface area contributed by atoms with Crippen molar-refractivity contribution in [2.45, 2.75) is 52.7 Å². The number of hydrogen-bond donors (Lipinski definition) is 2. The molecule has 0 saturated heterocycles. The van der Waals surface area contributed by atoms with Gasteiger partial charge in [0.25, 0.3) is 5.91 Å². The standard InChI is InChI=1S/C16H25FN2O2/c1-11(2)18-9-12-6-13(17)8-14(7-12)21-10-15(20)19-16(3,4)5/h6-8,11,18H,9-10H2,1-5H3,(H,19,20). The SMILES string of the molecule is CC(C)NCc1cc(F)cc(OCC(=O)NC(C)(C)C)c1. The molecule has 0 aliphatic heterocycles. The van der Waals surface area contributed by atoms with Crippen LogP contribution in [0.4, 0.5) is 4.39 Å². The molecule has 0 heterocycles. The summed E-state index contributed by atoms with van der Waals surface area (Å²) in [6.45, 7) is 10.1. The van der Waals surface area contributed by atoms with Gasteiger partial charge in [-0.3, -0.25) is 4.79 Å². The third kappa shape index (κ3) is 7.66. The Bertz CT molecular complexity index is 482. The van der Waals surface area contributed by atoms with Crippen LogP contribution in [0.25, 0.3) is 0 Å².